The van der Waals surface area contributed by atoms with E-state index in [4.69, 9.17) is 0 Å². The van der Waals surface area contributed by atoms with Gasteiger partial charge in [0.1, 0.15) is 0 Å². The first-order valence-corrected chi connectivity index (χ1v) is 7.86. The van der Waals surface area contributed by atoms with E-state index in [1.165, 1.54) is 0 Å². The number of para-hydroxylation sites is 1. The lowest BCUT2D eigenvalue weighted by atomic mass is 10.1. The first-order chi connectivity index (χ1) is 9.97. The molecule has 0 saturated carbocycles. The van der Waals surface area contributed by atoms with Gasteiger partial charge >= 0.3 is 6.03 Å². The van der Waals surface area contributed by atoms with Crippen LogP contribution < -0.4 is 10.6 Å². The van der Waals surface area contributed by atoms with E-state index in [2.05, 4.69) is 42.5 Å². The van der Waals surface area contributed by atoms with Crippen LogP contribution in [0, 0.1) is 0 Å². The lowest BCUT2D eigenvalue weighted by molar-refractivity contribution is 0.199. The number of aliphatic hydroxyl groups excluding tert-OH is 1. The minimum absolute atomic E-state index is 0.340. The third kappa shape index (κ3) is 4.30. The largest absolute Gasteiger partial charge is 0.389 e. The van der Waals surface area contributed by atoms with E-state index in [0.29, 0.717) is 11.4 Å². The molecular formula is C15H14Br2N2O2. The molecule has 6 heteroatoms. The average Bonchev–Trinajstić information content (AvgIpc) is 2.43. The van der Waals surface area contributed by atoms with Gasteiger partial charge in [0.15, 0.2) is 0 Å². The molecule has 0 aliphatic heterocycles. The second-order valence-corrected chi connectivity index (χ2v) is 6.18. The summed E-state index contributed by atoms with van der Waals surface area (Å²) in [6.45, 7) is 1.69. The SMILES string of the molecule is CC(O)c1ccc(NC(=O)Nc2c(Br)cccc2Br)cc1. The van der Waals surface area contributed by atoms with Crippen LogP contribution in [0.4, 0.5) is 16.2 Å². The topological polar surface area (TPSA) is 61.4 Å². The third-order valence-electron chi connectivity index (χ3n) is 2.85. The minimum Gasteiger partial charge on any atom is -0.389 e. The van der Waals surface area contributed by atoms with Crippen LogP contribution in [0.5, 0.6) is 0 Å². The van der Waals surface area contributed by atoms with Gasteiger partial charge in [-0.3, -0.25) is 0 Å². The zero-order valence-electron chi connectivity index (χ0n) is 11.2. The Labute approximate surface area is 139 Å². The molecule has 0 spiro atoms. The van der Waals surface area contributed by atoms with Crippen LogP contribution in [0.1, 0.15) is 18.6 Å². The zero-order valence-corrected chi connectivity index (χ0v) is 14.4. The summed E-state index contributed by atoms with van der Waals surface area (Å²) in [5.41, 5.74) is 2.12. The van der Waals surface area contributed by atoms with Crippen molar-refractivity contribution in [2.24, 2.45) is 0 Å². The molecule has 110 valence electrons. The predicted octanol–water partition coefficient (Wildman–Crippen LogP) is 4.91. The molecule has 2 aromatic rings. The van der Waals surface area contributed by atoms with Crippen molar-refractivity contribution < 1.29 is 9.90 Å². The number of carbonyl (C=O) groups excluding carboxylic acids is 1. The van der Waals surface area contributed by atoms with Crippen LogP contribution in [-0.4, -0.2) is 11.1 Å². The van der Waals surface area contributed by atoms with Gasteiger partial charge in [-0.2, -0.15) is 0 Å². The molecule has 1 atom stereocenters. The van der Waals surface area contributed by atoms with Gasteiger partial charge in [-0.25, -0.2) is 4.79 Å². The Morgan fingerprint density at radius 1 is 1.05 bits per heavy atom. The summed E-state index contributed by atoms with van der Waals surface area (Å²) in [7, 11) is 0. The molecule has 3 N–H and O–H groups in total. The maximum Gasteiger partial charge on any atom is 0.323 e. The number of amides is 2. The molecule has 0 bridgehead atoms. The fraction of sp³-hybridized carbons (Fsp3) is 0.133. The van der Waals surface area contributed by atoms with Crippen LogP contribution in [-0.2, 0) is 0 Å². The molecule has 2 aromatic carbocycles. The van der Waals surface area contributed by atoms with Crippen LogP contribution in [0.15, 0.2) is 51.4 Å². The standard InChI is InChI=1S/C15H14Br2N2O2/c1-9(20)10-5-7-11(8-6-10)18-15(21)19-14-12(16)3-2-4-13(14)17/h2-9,20H,1H3,(H2,18,19,21). The van der Waals surface area contributed by atoms with Crippen molar-refractivity contribution in [1.82, 2.24) is 0 Å². The number of aliphatic hydroxyl groups is 1. The van der Waals surface area contributed by atoms with E-state index in [0.717, 1.165) is 14.5 Å². The molecule has 0 aliphatic carbocycles. The number of anilines is 2. The molecule has 0 aromatic heterocycles. The highest BCUT2D eigenvalue weighted by molar-refractivity contribution is 9.11. The van der Waals surface area contributed by atoms with E-state index in [9.17, 15) is 9.90 Å². The van der Waals surface area contributed by atoms with E-state index in [1.54, 1.807) is 31.2 Å². The molecule has 0 radical (unpaired) electrons. The minimum atomic E-state index is -0.524. The molecule has 4 nitrogen and oxygen atoms in total. The number of rotatable bonds is 3. The Bertz CT molecular complexity index is 622. The third-order valence-corrected chi connectivity index (χ3v) is 4.17. The highest BCUT2D eigenvalue weighted by Crippen LogP contribution is 2.30. The number of carbonyl (C=O) groups is 1. The van der Waals surface area contributed by atoms with Crippen molar-refractivity contribution in [3.05, 3.63) is 57.0 Å². The Balaban J connectivity index is 2.05. The van der Waals surface area contributed by atoms with Gasteiger partial charge in [0.25, 0.3) is 0 Å². The van der Waals surface area contributed by atoms with Gasteiger partial charge in [-0.1, -0.05) is 18.2 Å². The summed E-state index contributed by atoms with van der Waals surface area (Å²) < 4.78 is 1.58. The zero-order chi connectivity index (χ0) is 15.4. The molecule has 2 rings (SSSR count). The van der Waals surface area contributed by atoms with Crippen LogP contribution in [0.2, 0.25) is 0 Å². The van der Waals surface area contributed by atoms with Crippen molar-refractivity contribution >= 4 is 49.3 Å². The molecular weight excluding hydrogens is 400 g/mol. The van der Waals surface area contributed by atoms with E-state index >= 15 is 0 Å². The Morgan fingerprint density at radius 2 is 1.62 bits per heavy atom. The monoisotopic (exact) mass is 412 g/mol. The maximum atomic E-state index is 12.0. The van der Waals surface area contributed by atoms with Gasteiger partial charge < -0.3 is 15.7 Å². The normalized spacial score (nSPS) is 11.8. The van der Waals surface area contributed by atoms with E-state index in [1.807, 2.05) is 18.2 Å². The summed E-state index contributed by atoms with van der Waals surface area (Å²) in [4.78, 5) is 12.0. The molecule has 1 unspecified atom stereocenters. The van der Waals surface area contributed by atoms with Crippen molar-refractivity contribution in [3.8, 4) is 0 Å². The lowest BCUT2D eigenvalue weighted by Gasteiger charge is -2.11. The summed E-state index contributed by atoms with van der Waals surface area (Å²) >= 11 is 6.77. The molecule has 0 aliphatic rings. The van der Waals surface area contributed by atoms with Crippen LogP contribution in [0.3, 0.4) is 0 Å². The van der Waals surface area contributed by atoms with Crippen molar-refractivity contribution in [2.75, 3.05) is 10.6 Å². The fourth-order valence-electron chi connectivity index (χ4n) is 1.74. The Hall–Kier alpha value is -1.37. The fourth-order valence-corrected chi connectivity index (χ4v) is 2.93. The molecule has 0 fully saturated rings. The van der Waals surface area contributed by atoms with Gasteiger partial charge in [-0.05, 0) is 68.6 Å². The number of hydrogen-bond acceptors (Lipinski definition) is 2. The quantitative estimate of drug-likeness (QED) is 0.669. The van der Waals surface area contributed by atoms with E-state index < -0.39 is 6.10 Å². The maximum absolute atomic E-state index is 12.0. The van der Waals surface area contributed by atoms with Crippen LogP contribution in [0.25, 0.3) is 0 Å². The van der Waals surface area contributed by atoms with Crippen LogP contribution >= 0.6 is 31.9 Å². The Kier molecular flexibility index (Phi) is 5.39. The number of hydrogen-bond donors (Lipinski definition) is 3. The highest BCUT2D eigenvalue weighted by atomic mass is 79.9. The van der Waals surface area contributed by atoms with Gasteiger partial charge in [0, 0.05) is 14.6 Å². The number of urea groups is 1. The van der Waals surface area contributed by atoms with Crippen molar-refractivity contribution in [1.29, 1.82) is 0 Å². The molecule has 2 amide bonds. The number of benzene rings is 2. The second-order valence-electron chi connectivity index (χ2n) is 4.47. The number of halogens is 2. The molecule has 21 heavy (non-hydrogen) atoms. The second kappa shape index (κ2) is 7.06. The number of nitrogens with one attached hydrogen (secondary N) is 2. The smallest absolute Gasteiger partial charge is 0.323 e. The first-order valence-electron chi connectivity index (χ1n) is 6.27. The highest BCUT2D eigenvalue weighted by Gasteiger charge is 2.09. The van der Waals surface area contributed by atoms with Crippen molar-refractivity contribution in [2.45, 2.75) is 13.0 Å². The summed E-state index contributed by atoms with van der Waals surface area (Å²) in [5, 5.41) is 15.0. The first kappa shape index (κ1) is 16.0. The van der Waals surface area contributed by atoms with Crippen molar-refractivity contribution in [3.63, 3.8) is 0 Å². The summed E-state index contributed by atoms with van der Waals surface area (Å²) in [6, 6.07) is 12.3. The Morgan fingerprint density at radius 3 is 2.14 bits per heavy atom. The van der Waals surface area contributed by atoms with Gasteiger partial charge in [0.05, 0.1) is 11.8 Å². The summed E-state index contributed by atoms with van der Waals surface area (Å²) in [6.07, 6.45) is -0.524. The lowest BCUT2D eigenvalue weighted by Crippen LogP contribution is -2.20. The van der Waals surface area contributed by atoms with E-state index in [-0.39, 0.29) is 6.03 Å². The van der Waals surface area contributed by atoms with Gasteiger partial charge in [0.2, 0.25) is 0 Å². The molecule has 0 heterocycles. The van der Waals surface area contributed by atoms with Gasteiger partial charge in [-0.15, -0.1) is 0 Å². The summed E-state index contributed by atoms with van der Waals surface area (Å²) in [5.74, 6) is 0. The predicted molar refractivity (Wildman–Crippen MR) is 91.6 cm³/mol. The average molecular weight is 414 g/mol. The molecule has 0 saturated heterocycles.